The van der Waals surface area contributed by atoms with Crippen molar-refractivity contribution in [2.45, 2.75) is 19.6 Å². The van der Waals surface area contributed by atoms with Gasteiger partial charge in [0.2, 0.25) is 0 Å². The van der Waals surface area contributed by atoms with Crippen LogP contribution in [0.2, 0.25) is 0 Å². The molecule has 17 heavy (non-hydrogen) atoms. The van der Waals surface area contributed by atoms with Crippen molar-refractivity contribution >= 4 is 0 Å². The van der Waals surface area contributed by atoms with E-state index in [2.05, 4.69) is 4.98 Å². The molecular weight excluding hydrogens is 219 g/mol. The third-order valence-corrected chi connectivity index (χ3v) is 3.19. The molecule has 2 heterocycles. The van der Waals surface area contributed by atoms with Crippen LogP contribution in [0.5, 0.6) is 0 Å². The lowest BCUT2D eigenvalue weighted by atomic mass is 10.0. The minimum atomic E-state index is -0.172. The van der Waals surface area contributed by atoms with E-state index in [9.17, 15) is 4.39 Å². The smallest absolute Gasteiger partial charge is 0.126 e. The Hall–Kier alpha value is -1.68. The van der Waals surface area contributed by atoms with E-state index >= 15 is 0 Å². The van der Waals surface area contributed by atoms with E-state index in [4.69, 9.17) is 4.74 Å². The van der Waals surface area contributed by atoms with Gasteiger partial charge >= 0.3 is 0 Å². The van der Waals surface area contributed by atoms with E-state index in [1.165, 1.54) is 0 Å². The average molecular weight is 232 g/mol. The van der Waals surface area contributed by atoms with Crippen molar-refractivity contribution in [3.05, 3.63) is 53.4 Å². The molecule has 1 aliphatic heterocycles. The standard InChI is InChI=1S/C13H13FN2O/c1-9-2-3-10(4-12(9)14)13-7-17-6-11-5-15-8-16(11)13/h2-5,8,13H,6-7H2,1H3. The van der Waals surface area contributed by atoms with Crippen LogP contribution in [0.1, 0.15) is 22.9 Å². The van der Waals surface area contributed by atoms with Gasteiger partial charge in [-0.25, -0.2) is 9.37 Å². The number of imidazole rings is 1. The summed E-state index contributed by atoms with van der Waals surface area (Å²) in [4.78, 5) is 4.11. The van der Waals surface area contributed by atoms with Crippen LogP contribution in [0.25, 0.3) is 0 Å². The Labute approximate surface area is 98.9 Å². The molecular formula is C13H13FN2O. The van der Waals surface area contributed by atoms with Crippen LogP contribution in [-0.4, -0.2) is 16.2 Å². The van der Waals surface area contributed by atoms with Gasteiger partial charge in [0.05, 0.1) is 37.5 Å². The van der Waals surface area contributed by atoms with Gasteiger partial charge in [0.25, 0.3) is 0 Å². The van der Waals surface area contributed by atoms with Crippen molar-refractivity contribution in [1.29, 1.82) is 0 Å². The van der Waals surface area contributed by atoms with Crippen molar-refractivity contribution in [3.8, 4) is 0 Å². The molecule has 0 saturated heterocycles. The molecule has 0 saturated carbocycles. The Kier molecular flexibility index (Phi) is 2.44. The maximum atomic E-state index is 13.6. The molecule has 3 nitrogen and oxygen atoms in total. The van der Waals surface area contributed by atoms with Crippen molar-refractivity contribution in [3.63, 3.8) is 0 Å². The summed E-state index contributed by atoms with van der Waals surface area (Å²) in [7, 11) is 0. The number of hydrogen-bond donors (Lipinski definition) is 0. The maximum absolute atomic E-state index is 13.6. The van der Waals surface area contributed by atoms with E-state index in [-0.39, 0.29) is 11.9 Å². The summed E-state index contributed by atoms with van der Waals surface area (Å²) in [5.41, 5.74) is 2.62. The second-order valence-corrected chi connectivity index (χ2v) is 4.33. The Morgan fingerprint density at radius 2 is 2.35 bits per heavy atom. The predicted octanol–water partition coefficient (Wildman–Crippen LogP) is 2.45. The van der Waals surface area contributed by atoms with Gasteiger partial charge < -0.3 is 9.30 Å². The highest BCUT2D eigenvalue weighted by atomic mass is 19.1. The third kappa shape index (κ3) is 1.74. The molecule has 1 aromatic heterocycles. The average Bonchev–Trinajstić information content (AvgIpc) is 2.80. The molecule has 0 amide bonds. The lowest BCUT2D eigenvalue weighted by molar-refractivity contribution is 0.0695. The molecule has 0 bridgehead atoms. The first kappa shape index (κ1) is 10.5. The Morgan fingerprint density at radius 1 is 1.47 bits per heavy atom. The van der Waals surface area contributed by atoms with Gasteiger partial charge in [0, 0.05) is 0 Å². The first-order chi connectivity index (χ1) is 8.25. The summed E-state index contributed by atoms with van der Waals surface area (Å²) in [6.45, 7) is 2.90. The number of fused-ring (bicyclic) bond motifs is 1. The van der Waals surface area contributed by atoms with Gasteiger partial charge in [-0.2, -0.15) is 0 Å². The second kappa shape index (κ2) is 3.96. The van der Waals surface area contributed by atoms with E-state index in [0.717, 1.165) is 11.3 Å². The summed E-state index contributed by atoms with van der Waals surface area (Å²) in [5, 5.41) is 0. The first-order valence-electron chi connectivity index (χ1n) is 5.60. The van der Waals surface area contributed by atoms with Crippen molar-refractivity contribution < 1.29 is 9.13 Å². The highest BCUT2D eigenvalue weighted by Gasteiger charge is 2.21. The molecule has 1 aliphatic rings. The minimum Gasteiger partial charge on any atom is -0.373 e. The third-order valence-electron chi connectivity index (χ3n) is 3.19. The van der Waals surface area contributed by atoms with Gasteiger partial charge in [0.1, 0.15) is 5.82 Å². The SMILES string of the molecule is Cc1ccc(C2COCc3cncn32)cc1F. The molecule has 0 aliphatic carbocycles. The molecule has 0 fully saturated rings. The number of ether oxygens (including phenoxy) is 1. The molecule has 1 aromatic carbocycles. The zero-order valence-corrected chi connectivity index (χ0v) is 9.56. The van der Waals surface area contributed by atoms with Crippen LogP contribution in [0, 0.1) is 12.7 Å². The quantitative estimate of drug-likeness (QED) is 0.755. The monoisotopic (exact) mass is 232 g/mol. The highest BCUT2D eigenvalue weighted by Crippen LogP contribution is 2.26. The van der Waals surface area contributed by atoms with Gasteiger partial charge in [-0.3, -0.25) is 0 Å². The van der Waals surface area contributed by atoms with Crippen LogP contribution in [0.15, 0.2) is 30.7 Å². The van der Waals surface area contributed by atoms with Crippen molar-refractivity contribution in [2.24, 2.45) is 0 Å². The fourth-order valence-corrected chi connectivity index (χ4v) is 2.15. The van der Waals surface area contributed by atoms with Gasteiger partial charge in [-0.1, -0.05) is 12.1 Å². The van der Waals surface area contributed by atoms with E-state index in [0.29, 0.717) is 18.8 Å². The predicted molar refractivity (Wildman–Crippen MR) is 61.2 cm³/mol. The summed E-state index contributed by atoms with van der Waals surface area (Å²) in [5.74, 6) is -0.172. The summed E-state index contributed by atoms with van der Waals surface area (Å²) in [6, 6.07) is 5.35. The Balaban J connectivity index is 2.03. The number of benzene rings is 1. The molecule has 1 atom stereocenters. The molecule has 4 heteroatoms. The van der Waals surface area contributed by atoms with Crippen LogP contribution in [0.3, 0.4) is 0 Å². The number of nitrogens with zero attached hydrogens (tertiary/aromatic N) is 2. The number of halogens is 1. The number of aromatic nitrogens is 2. The molecule has 1 unspecified atom stereocenters. The van der Waals surface area contributed by atoms with Crippen LogP contribution in [-0.2, 0) is 11.3 Å². The number of hydrogen-bond acceptors (Lipinski definition) is 2. The second-order valence-electron chi connectivity index (χ2n) is 4.33. The fraction of sp³-hybridized carbons (Fsp3) is 0.308. The molecule has 0 spiro atoms. The van der Waals surface area contributed by atoms with E-state index in [1.807, 2.05) is 10.6 Å². The summed E-state index contributed by atoms with van der Waals surface area (Å²) < 4.78 is 21.1. The Bertz CT molecular complexity index is 550. The first-order valence-corrected chi connectivity index (χ1v) is 5.60. The molecule has 2 aromatic rings. The van der Waals surface area contributed by atoms with Crippen molar-refractivity contribution in [1.82, 2.24) is 9.55 Å². The molecule has 3 rings (SSSR count). The normalized spacial score (nSPS) is 19.1. The molecule has 0 radical (unpaired) electrons. The molecule has 0 N–H and O–H groups in total. The highest BCUT2D eigenvalue weighted by molar-refractivity contribution is 5.27. The van der Waals surface area contributed by atoms with E-state index in [1.54, 1.807) is 31.6 Å². The van der Waals surface area contributed by atoms with Gasteiger partial charge in [-0.15, -0.1) is 0 Å². The lowest BCUT2D eigenvalue weighted by Gasteiger charge is -2.26. The van der Waals surface area contributed by atoms with E-state index < -0.39 is 0 Å². The number of aryl methyl sites for hydroxylation is 1. The van der Waals surface area contributed by atoms with Crippen molar-refractivity contribution in [2.75, 3.05) is 6.61 Å². The Morgan fingerprint density at radius 3 is 3.18 bits per heavy atom. The summed E-state index contributed by atoms with van der Waals surface area (Å²) >= 11 is 0. The van der Waals surface area contributed by atoms with Gasteiger partial charge in [0.15, 0.2) is 0 Å². The van der Waals surface area contributed by atoms with Crippen LogP contribution < -0.4 is 0 Å². The zero-order chi connectivity index (χ0) is 11.8. The molecule has 88 valence electrons. The van der Waals surface area contributed by atoms with Crippen LogP contribution >= 0.6 is 0 Å². The topological polar surface area (TPSA) is 27.1 Å². The summed E-state index contributed by atoms with van der Waals surface area (Å²) in [6.07, 6.45) is 3.57. The zero-order valence-electron chi connectivity index (χ0n) is 9.56. The van der Waals surface area contributed by atoms with Crippen LogP contribution in [0.4, 0.5) is 4.39 Å². The largest absolute Gasteiger partial charge is 0.373 e. The minimum absolute atomic E-state index is 0.0244. The maximum Gasteiger partial charge on any atom is 0.126 e. The number of rotatable bonds is 1. The lowest BCUT2D eigenvalue weighted by Crippen LogP contribution is -2.23. The van der Waals surface area contributed by atoms with Gasteiger partial charge in [-0.05, 0) is 24.1 Å². The fourth-order valence-electron chi connectivity index (χ4n) is 2.15.